The molecule has 0 saturated heterocycles. The fraction of sp³-hybridized carbons (Fsp3) is 0.474. The minimum atomic E-state index is -3.42. The molecule has 0 amide bonds. The first-order chi connectivity index (χ1) is 13.1. The molecule has 0 bridgehead atoms. The number of nitrogens with zero attached hydrogens (tertiary/aromatic N) is 4. The van der Waals surface area contributed by atoms with Gasteiger partial charge in [0.15, 0.2) is 0 Å². The molecule has 3 aromatic rings. The maximum atomic E-state index is 12.5. The molecule has 0 radical (unpaired) electrons. The molecule has 28 heavy (non-hydrogen) atoms. The highest BCUT2D eigenvalue weighted by atomic mass is 32.2. The summed E-state index contributed by atoms with van der Waals surface area (Å²) in [5, 5.41) is 8.59. The number of hydrogen-bond donors (Lipinski definition) is 1. The number of rotatable bonds is 7. The van der Waals surface area contributed by atoms with Gasteiger partial charge in [0.1, 0.15) is 0 Å². The smallest absolute Gasteiger partial charge is 0.243 e. The first-order valence-electron chi connectivity index (χ1n) is 9.34. The predicted molar refractivity (Wildman–Crippen MR) is 113 cm³/mol. The summed E-state index contributed by atoms with van der Waals surface area (Å²) in [4.78, 5) is 5.81. The van der Waals surface area contributed by atoms with E-state index in [-0.39, 0.29) is 5.41 Å². The van der Waals surface area contributed by atoms with Crippen LogP contribution in [-0.2, 0) is 22.0 Å². The van der Waals surface area contributed by atoms with Crippen LogP contribution in [0.2, 0.25) is 0 Å². The number of anilines is 1. The van der Waals surface area contributed by atoms with E-state index in [0.717, 1.165) is 21.3 Å². The van der Waals surface area contributed by atoms with Gasteiger partial charge in [-0.1, -0.05) is 58.1 Å². The van der Waals surface area contributed by atoms with Crippen molar-refractivity contribution in [3.63, 3.8) is 0 Å². The molecule has 7 nitrogen and oxygen atoms in total. The van der Waals surface area contributed by atoms with Crippen LogP contribution >= 0.6 is 11.3 Å². The highest BCUT2D eigenvalue weighted by molar-refractivity contribution is 7.89. The second kappa shape index (κ2) is 7.81. The van der Waals surface area contributed by atoms with Crippen molar-refractivity contribution < 1.29 is 8.42 Å². The van der Waals surface area contributed by atoms with Crippen molar-refractivity contribution in [2.75, 3.05) is 18.4 Å². The SMILES string of the molecule is CCN(CC)S(=O)(=O)c1ccc(CNc2nn3cc(C(C)(C)C)nc3s2)cc1. The number of sulfonamides is 1. The van der Waals surface area contributed by atoms with Crippen molar-refractivity contribution in [1.29, 1.82) is 0 Å². The summed E-state index contributed by atoms with van der Waals surface area (Å²) < 4.78 is 28.3. The van der Waals surface area contributed by atoms with Crippen LogP contribution in [0.5, 0.6) is 0 Å². The summed E-state index contributed by atoms with van der Waals surface area (Å²) in [5.74, 6) is 0. The Bertz CT molecular complexity index is 1010. The van der Waals surface area contributed by atoms with Crippen LogP contribution in [0.3, 0.4) is 0 Å². The van der Waals surface area contributed by atoms with Crippen molar-refractivity contribution in [3.8, 4) is 0 Å². The molecule has 2 aromatic heterocycles. The van der Waals surface area contributed by atoms with Crippen LogP contribution in [0, 0.1) is 0 Å². The number of aromatic nitrogens is 3. The topological polar surface area (TPSA) is 79.6 Å². The van der Waals surface area contributed by atoms with Gasteiger partial charge >= 0.3 is 0 Å². The third kappa shape index (κ3) is 4.21. The van der Waals surface area contributed by atoms with Gasteiger partial charge in [0.2, 0.25) is 20.1 Å². The fourth-order valence-corrected chi connectivity index (χ4v) is 5.04. The second-order valence-corrected chi connectivity index (χ2v) is 10.5. The minimum Gasteiger partial charge on any atom is -0.356 e. The van der Waals surface area contributed by atoms with Crippen LogP contribution in [0.15, 0.2) is 35.4 Å². The molecule has 0 spiro atoms. The highest BCUT2D eigenvalue weighted by Crippen LogP contribution is 2.26. The molecule has 1 aromatic carbocycles. The molecule has 3 rings (SSSR count). The minimum absolute atomic E-state index is 0.00573. The monoisotopic (exact) mass is 421 g/mol. The maximum Gasteiger partial charge on any atom is 0.243 e. The molecule has 9 heteroatoms. The van der Waals surface area contributed by atoms with Gasteiger partial charge in [-0.3, -0.25) is 0 Å². The first kappa shape index (κ1) is 20.8. The van der Waals surface area contributed by atoms with E-state index in [9.17, 15) is 8.42 Å². The van der Waals surface area contributed by atoms with Gasteiger partial charge in [0, 0.05) is 25.0 Å². The third-order valence-corrected chi connectivity index (χ3v) is 7.47. The number of imidazole rings is 1. The van der Waals surface area contributed by atoms with Crippen LogP contribution in [0.1, 0.15) is 45.9 Å². The van der Waals surface area contributed by atoms with Crippen molar-refractivity contribution >= 4 is 31.5 Å². The molecule has 0 aliphatic rings. The van der Waals surface area contributed by atoms with Crippen molar-refractivity contribution in [2.24, 2.45) is 0 Å². The van der Waals surface area contributed by atoms with Crippen molar-refractivity contribution in [3.05, 3.63) is 41.7 Å². The van der Waals surface area contributed by atoms with Crippen LogP contribution in [0.25, 0.3) is 4.96 Å². The number of benzene rings is 1. The van der Waals surface area contributed by atoms with Gasteiger partial charge in [-0.15, -0.1) is 5.10 Å². The van der Waals surface area contributed by atoms with Crippen LogP contribution < -0.4 is 5.32 Å². The Kier molecular flexibility index (Phi) is 5.79. The highest BCUT2D eigenvalue weighted by Gasteiger charge is 2.21. The molecule has 0 atom stereocenters. The zero-order valence-electron chi connectivity index (χ0n) is 16.9. The first-order valence-corrected chi connectivity index (χ1v) is 11.6. The Balaban J connectivity index is 1.68. The Morgan fingerprint density at radius 2 is 1.79 bits per heavy atom. The standard InChI is InChI=1S/C19H27N5O2S2/c1-6-23(7-2)28(25,26)15-10-8-14(9-11-15)12-20-17-22-24-13-16(19(3,4)5)21-18(24)27-17/h8-11,13H,6-7,12H2,1-5H3,(H,20,22). The molecule has 0 aliphatic heterocycles. The van der Waals surface area contributed by atoms with E-state index in [2.05, 4.69) is 36.2 Å². The number of hydrogen-bond acceptors (Lipinski definition) is 6. The fourth-order valence-electron chi connectivity index (χ4n) is 2.80. The lowest BCUT2D eigenvalue weighted by Crippen LogP contribution is -2.30. The van der Waals surface area contributed by atoms with Gasteiger partial charge in [0.05, 0.1) is 16.8 Å². The Hall–Kier alpha value is -1.97. The summed E-state index contributed by atoms with van der Waals surface area (Å²) in [5.41, 5.74) is 2.00. The van der Waals surface area contributed by atoms with Gasteiger partial charge in [0.25, 0.3) is 0 Å². The maximum absolute atomic E-state index is 12.5. The van der Waals surface area contributed by atoms with E-state index < -0.39 is 10.0 Å². The van der Waals surface area contributed by atoms with E-state index in [1.165, 1.54) is 15.6 Å². The lowest BCUT2D eigenvalue weighted by molar-refractivity contribution is 0.445. The Morgan fingerprint density at radius 3 is 2.32 bits per heavy atom. The zero-order valence-corrected chi connectivity index (χ0v) is 18.6. The molecule has 2 heterocycles. The predicted octanol–water partition coefficient (Wildman–Crippen LogP) is 3.73. The summed E-state index contributed by atoms with van der Waals surface area (Å²) in [7, 11) is -3.42. The summed E-state index contributed by atoms with van der Waals surface area (Å²) in [6, 6.07) is 6.99. The lowest BCUT2D eigenvalue weighted by atomic mass is 9.93. The normalized spacial score (nSPS) is 12.8. The average Bonchev–Trinajstić information content (AvgIpc) is 3.19. The average molecular weight is 422 g/mol. The van der Waals surface area contributed by atoms with E-state index >= 15 is 0 Å². The zero-order chi connectivity index (χ0) is 20.5. The molecule has 0 aliphatic carbocycles. The van der Waals surface area contributed by atoms with Crippen LogP contribution in [0.4, 0.5) is 5.13 Å². The molecular weight excluding hydrogens is 394 g/mol. The van der Waals surface area contributed by atoms with Gasteiger partial charge in [-0.2, -0.15) is 4.31 Å². The van der Waals surface area contributed by atoms with E-state index in [4.69, 9.17) is 0 Å². The number of nitrogens with one attached hydrogen (secondary N) is 1. The molecule has 1 N–H and O–H groups in total. The van der Waals surface area contributed by atoms with Crippen LogP contribution in [-0.4, -0.2) is 40.4 Å². The Labute approximate surface area is 170 Å². The quantitative estimate of drug-likeness (QED) is 0.629. The van der Waals surface area contributed by atoms with Crippen molar-refractivity contribution in [1.82, 2.24) is 18.9 Å². The molecule has 0 saturated carbocycles. The third-order valence-electron chi connectivity index (χ3n) is 4.52. The summed E-state index contributed by atoms with van der Waals surface area (Å²) in [6.07, 6.45) is 1.96. The van der Waals surface area contributed by atoms with Gasteiger partial charge < -0.3 is 5.32 Å². The second-order valence-electron chi connectivity index (χ2n) is 7.60. The van der Waals surface area contributed by atoms with E-state index in [1.54, 1.807) is 16.6 Å². The molecule has 0 fully saturated rings. The Morgan fingerprint density at radius 1 is 1.14 bits per heavy atom. The summed E-state index contributed by atoms with van der Waals surface area (Å²) in [6.45, 7) is 11.6. The van der Waals surface area contributed by atoms with Crippen molar-refractivity contribution in [2.45, 2.75) is 51.5 Å². The van der Waals surface area contributed by atoms with Gasteiger partial charge in [-0.25, -0.2) is 17.9 Å². The lowest BCUT2D eigenvalue weighted by Gasteiger charge is -2.18. The summed E-state index contributed by atoms with van der Waals surface area (Å²) >= 11 is 1.50. The molecular formula is C19H27N5O2S2. The largest absolute Gasteiger partial charge is 0.356 e. The van der Waals surface area contributed by atoms with Gasteiger partial charge in [-0.05, 0) is 17.7 Å². The molecule has 152 valence electrons. The number of fused-ring (bicyclic) bond motifs is 1. The van der Waals surface area contributed by atoms with E-state index in [1.807, 2.05) is 32.2 Å². The van der Waals surface area contributed by atoms with E-state index in [0.29, 0.717) is 24.5 Å². The molecule has 0 unspecified atom stereocenters.